The third kappa shape index (κ3) is 9.16. The summed E-state index contributed by atoms with van der Waals surface area (Å²) >= 11 is 5.55. The molecule has 22 nitrogen and oxygen atoms in total. The van der Waals surface area contributed by atoms with E-state index >= 15 is 0 Å². The maximum Gasteiger partial charge on any atom is 0.194 e. The van der Waals surface area contributed by atoms with Gasteiger partial charge in [-0.15, -0.1) is 0 Å². The minimum atomic E-state index is -1.66. The van der Waals surface area contributed by atoms with Crippen molar-refractivity contribution >= 4 is 28.9 Å². The highest BCUT2D eigenvalue weighted by molar-refractivity contribution is 7.80. The van der Waals surface area contributed by atoms with Gasteiger partial charge in [-0.3, -0.25) is 9.59 Å². The monoisotopic (exact) mass is 892 g/mol. The van der Waals surface area contributed by atoms with Crippen molar-refractivity contribution in [1.29, 1.82) is 0 Å². The molecule has 5 aliphatic rings. The van der Waals surface area contributed by atoms with Gasteiger partial charge in [0.1, 0.15) is 67.1 Å². The minimum absolute atomic E-state index is 0.0528. The lowest BCUT2D eigenvalue weighted by Crippen LogP contribution is -2.68. The molecule has 2 aromatic rings. The summed E-state index contributed by atoms with van der Waals surface area (Å²) in [5.41, 5.74) is 38.5. The van der Waals surface area contributed by atoms with E-state index < -0.39 is 116 Å². The Morgan fingerprint density at radius 2 is 1.13 bits per heavy atom. The molecular formula is C39H56N8O14S. The zero-order chi connectivity index (χ0) is 44.7. The fraction of sp³-hybridized carbons (Fsp3) is 0.615. The van der Waals surface area contributed by atoms with E-state index in [1.165, 1.54) is 0 Å². The molecule has 0 spiro atoms. The number of ketones is 2. The van der Waals surface area contributed by atoms with E-state index in [1.807, 2.05) is 0 Å². The van der Waals surface area contributed by atoms with Crippen LogP contribution in [0.3, 0.4) is 0 Å². The quantitative estimate of drug-likeness (QED) is 0.0752. The number of hydrogen-bond donors (Lipinski definition) is 14. The number of benzene rings is 2. The fourth-order valence-corrected chi connectivity index (χ4v) is 8.61. The molecule has 20 N–H and O–H groups in total. The molecule has 19 atom stereocenters. The highest BCUT2D eigenvalue weighted by Crippen LogP contribution is 2.35. The van der Waals surface area contributed by atoms with Crippen molar-refractivity contribution in [3.8, 4) is 0 Å². The summed E-state index contributed by atoms with van der Waals surface area (Å²) < 4.78 is 36.3. The third-order valence-electron chi connectivity index (χ3n) is 12.1. The smallest absolute Gasteiger partial charge is 0.194 e. The van der Waals surface area contributed by atoms with Gasteiger partial charge >= 0.3 is 0 Å². The predicted molar refractivity (Wildman–Crippen MR) is 218 cm³/mol. The lowest BCUT2D eigenvalue weighted by molar-refractivity contribution is -0.306. The number of nitrogens with one attached hydrogen (secondary N) is 2. The fourth-order valence-electron chi connectivity index (χ4n) is 8.45. The van der Waals surface area contributed by atoms with Gasteiger partial charge < -0.3 is 104 Å². The summed E-state index contributed by atoms with van der Waals surface area (Å²) in [7, 11) is 0. The van der Waals surface area contributed by atoms with E-state index in [9.17, 15) is 40.2 Å². The number of rotatable bonds is 12. The number of aliphatic hydroxyl groups excluding tert-OH is 6. The summed E-state index contributed by atoms with van der Waals surface area (Å²) in [5, 5.41) is 71.4. The Morgan fingerprint density at radius 1 is 0.613 bits per heavy atom. The number of carbonyl (C=O) groups excluding carboxylic acids is 2. The summed E-state index contributed by atoms with van der Waals surface area (Å²) in [5.74, 6) is -0.518. The van der Waals surface area contributed by atoms with Gasteiger partial charge in [-0.05, 0) is 36.3 Å². The van der Waals surface area contributed by atoms with Crippen molar-refractivity contribution in [2.45, 2.75) is 129 Å². The topological polar surface area (TPSA) is 391 Å². The molecule has 342 valence electrons. The third-order valence-corrected chi connectivity index (χ3v) is 12.4. The molecule has 2 aromatic carbocycles. The normalized spacial score (nSPS) is 40.7. The Balaban J connectivity index is 1.06. The van der Waals surface area contributed by atoms with Gasteiger partial charge in [-0.1, -0.05) is 30.3 Å². The largest absolute Gasteiger partial charge is 0.389 e. The molecule has 0 amide bonds. The number of hydrogen-bond acceptors (Lipinski definition) is 21. The standard InChI is InChI=1S/C39H56N8O14S/c40-9-20-28(51)30(53)23(44)36(56-20)59-33-19(43)8-18(42)27(50)35(33)61-38-32(55)34(60-37-24(45)31(54)29(52)21(10-41)57-37)22(58-38)12-47-39(62)46-11-13-5-6-16-17(7-13)26(49)15-4-2-1-3-14(15)25(16)48/h1-7,18-24,27-38,50-55H,8-12,40-45H2,(H2,46,47,62)/t18-,19+,20-,21+,22-,23-,24-,27+,28-,29-,30-,31-,32-,33-,34-,35-,36-,37-,38+/m1/s1. The molecule has 2 aliphatic carbocycles. The molecule has 0 unspecified atom stereocenters. The van der Waals surface area contributed by atoms with E-state index in [0.29, 0.717) is 22.3 Å². The van der Waals surface area contributed by atoms with Crippen LogP contribution in [-0.4, -0.2) is 183 Å². The first-order valence-electron chi connectivity index (χ1n) is 20.3. The second-order valence-corrected chi connectivity index (χ2v) is 16.6. The Kier molecular flexibility index (Phi) is 14.7. The van der Waals surface area contributed by atoms with E-state index in [2.05, 4.69) is 10.6 Å². The van der Waals surface area contributed by atoms with Crippen molar-refractivity contribution in [1.82, 2.24) is 10.6 Å². The zero-order valence-electron chi connectivity index (χ0n) is 33.4. The Labute approximate surface area is 361 Å². The zero-order valence-corrected chi connectivity index (χ0v) is 34.2. The number of thiocarbonyl (C=S) groups is 1. The first kappa shape index (κ1) is 46.7. The molecule has 62 heavy (non-hydrogen) atoms. The highest BCUT2D eigenvalue weighted by atomic mass is 32.1. The van der Waals surface area contributed by atoms with Crippen molar-refractivity contribution in [2.75, 3.05) is 19.6 Å². The van der Waals surface area contributed by atoms with Crippen LogP contribution in [0.25, 0.3) is 0 Å². The van der Waals surface area contributed by atoms with Gasteiger partial charge in [-0.2, -0.15) is 0 Å². The number of nitrogens with two attached hydrogens (primary N) is 6. The number of fused-ring (bicyclic) bond motifs is 2. The number of ether oxygens (including phenoxy) is 6. The summed E-state index contributed by atoms with van der Waals surface area (Å²) in [6, 6.07) is 7.15. The minimum Gasteiger partial charge on any atom is -0.389 e. The second-order valence-electron chi connectivity index (χ2n) is 16.2. The van der Waals surface area contributed by atoms with Crippen molar-refractivity contribution < 1.29 is 68.6 Å². The first-order chi connectivity index (χ1) is 29.5. The Morgan fingerprint density at radius 3 is 1.71 bits per heavy atom. The van der Waals surface area contributed by atoms with Gasteiger partial charge in [0.05, 0.1) is 18.2 Å². The predicted octanol–water partition coefficient (Wildman–Crippen LogP) is -6.45. The van der Waals surface area contributed by atoms with E-state index in [0.717, 1.165) is 0 Å². The summed E-state index contributed by atoms with van der Waals surface area (Å²) in [4.78, 5) is 26.3. The van der Waals surface area contributed by atoms with E-state index in [-0.39, 0.29) is 54.8 Å². The van der Waals surface area contributed by atoms with Crippen LogP contribution in [0, 0.1) is 0 Å². The van der Waals surface area contributed by atoms with Crippen molar-refractivity contribution in [3.05, 3.63) is 70.3 Å². The van der Waals surface area contributed by atoms with E-state index in [4.69, 9.17) is 75.0 Å². The Bertz CT molecular complexity index is 1940. The number of carbonyl (C=O) groups is 2. The molecule has 3 saturated heterocycles. The van der Waals surface area contributed by atoms with E-state index in [1.54, 1.807) is 42.5 Å². The lowest BCUT2D eigenvalue weighted by Gasteiger charge is -2.47. The van der Waals surface area contributed by atoms with Crippen LogP contribution in [-0.2, 0) is 35.0 Å². The molecule has 0 radical (unpaired) electrons. The molecule has 1 saturated carbocycles. The van der Waals surface area contributed by atoms with Gasteiger partial charge in [0.25, 0.3) is 0 Å². The van der Waals surface area contributed by atoms with Crippen LogP contribution in [0.1, 0.15) is 43.8 Å². The summed E-state index contributed by atoms with van der Waals surface area (Å²) in [6.07, 6.45) is -20.5. The van der Waals surface area contributed by atoms with Gasteiger partial charge in [0, 0.05) is 60.5 Å². The second kappa shape index (κ2) is 19.5. The molecule has 7 rings (SSSR count). The Hall–Kier alpha value is -3.25. The molecule has 23 heteroatoms. The molecule has 0 aromatic heterocycles. The lowest BCUT2D eigenvalue weighted by atomic mass is 9.83. The van der Waals surface area contributed by atoms with Crippen LogP contribution < -0.4 is 45.0 Å². The maximum absolute atomic E-state index is 13.3. The molecule has 3 aliphatic heterocycles. The average Bonchev–Trinajstić information content (AvgIpc) is 3.56. The molecule has 4 fully saturated rings. The highest BCUT2D eigenvalue weighted by Gasteiger charge is 2.54. The maximum atomic E-state index is 13.3. The van der Waals surface area contributed by atoms with Gasteiger partial charge in [0.2, 0.25) is 0 Å². The van der Waals surface area contributed by atoms with Crippen LogP contribution in [0.15, 0.2) is 42.5 Å². The van der Waals surface area contributed by atoms with Gasteiger partial charge in [-0.25, -0.2) is 0 Å². The summed E-state index contributed by atoms with van der Waals surface area (Å²) in [6.45, 7) is -0.390. The average molecular weight is 893 g/mol. The SMILES string of the molecule is NC[C@@H]1O[C@H](O[C@H]2[C@@H](O)[C@H](O[C@@H]3[C@@H](O)[C@H](N)C[C@H](N)[C@H]3O[C@H]3O[C@H](CN)[C@@H](O)[C@H](O)[C@H]3N)O[C@@H]2CNC(=S)NCc2ccc3c(c2)C(=O)c2ccccc2C3=O)[C@H](N)[C@@H](O)[C@@H]1O. The number of aliphatic hydroxyl groups is 6. The van der Waals surface area contributed by atoms with Crippen LogP contribution >= 0.6 is 12.2 Å². The van der Waals surface area contributed by atoms with Crippen molar-refractivity contribution in [2.24, 2.45) is 34.4 Å². The van der Waals surface area contributed by atoms with Crippen molar-refractivity contribution in [3.63, 3.8) is 0 Å². The molecule has 0 bridgehead atoms. The van der Waals surface area contributed by atoms with Crippen LogP contribution in [0.5, 0.6) is 0 Å². The molecule has 3 heterocycles. The van der Waals surface area contributed by atoms with Gasteiger partial charge in [0.15, 0.2) is 35.5 Å². The first-order valence-corrected chi connectivity index (χ1v) is 20.7. The van der Waals surface area contributed by atoms with Crippen LogP contribution in [0.4, 0.5) is 0 Å². The van der Waals surface area contributed by atoms with Crippen LogP contribution in [0.2, 0.25) is 0 Å². The molecular weight excluding hydrogens is 837 g/mol.